The molecule has 6 heteroatoms. The van der Waals surface area contributed by atoms with E-state index in [1.165, 1.54) is 0 Å². The van der Waals surface area contributed by atoms with Gasteiger partial charge in [-0.3, -0.25) is 4.79 Å². The Bertz CT molecular complexity index is 519. The Balaban J connectivity index is 1.91. The Hall–Kier alpha value is -2.08. The molecule has 0 aromatic heterocycles. The number of likely N-dealkylation sites (tertiary alicyclic amines) is 1. The molecule has 1 aromatic carbocycles. The van der Waals surface area contributed by atoms with Crippen LogP contribution in [0.3, 0.4) is 0 Å². The zero-order valence-corrected chi connectivity index (χ0v) is 13.6. The van der Waals surface area contributed by atoms with Crippen molar-refractivity contribution in [3.63, 3.8) is 0 Å². The first-order valence-electron chi connectivity index (χ1n) is 7.76. The van der Waals surface area contributed by atoms with Gasteiger partial charge in [0, 0.05) is 26.1 Å². The summed E-state index contributed by atoms with van der Waals surface area (Å²) in [5.41, 5.74) is 0.926. The molecule has 6 nitrogen and oxygen atoms in total. The monoisotopic (exact) mass is 321 g/mol. The number of carbonyl (C=O) groups is 2. The van der Waals surface area contributed by atoms with Gasteiger partial charge in [-0.25, -0.2) is 4.79 Å². The van der Waals surface area contributed by atoms with E-state index in [-0.39, 0.29) is 24.4 Å². The number of benzene rings is 1. The molecule has 1 amide bonds. The van der Waals surface area contributed by atoms with Crippen LogP contribution in [-0.2, 0) is 25.6 Å². The predicted octanol–water partition coefficient (Wildman–Crippen LogP) is 2.08. The highest BCUT2D eigenvalue weighted by Crippen LogP contribution is 2.26. The van der Waals surface area contributed by atoms with Gasteiger partial charge in [-0.2, -0.15) is 0 Å². The third-order valence-corrected chi connectivity index (χ3v) is 3.87. The highest BCUT2D eigenvalue weighted by molar-refractivity contribution is 5.76. The highest BCUT2D eigenvalue weighted by Gasteiger charge is 2.41. The molecular formula is C17H23NO5. The number of hydrogen-bond acceptors (Lipinski definition) is 5. The molecule has 2 atom stereocenters. The number of amides is 1. The van der Waals surface area contributed by atoms with Gasteiger partial charge < -0.3 is 19.1 Å². The number of hydrogen-bond donors (Lipinski definition) is 0. The van der Waals surface area contributed by atoms with Gasteiger partial charge in [0.1, 0.15) is 6.61 Å². The summed E-state index contributed by atoms with van der Waals surface area (Å²) in [6, 6.07) is 9.48. The standard InChI is InChI=1S/C17H23NO5/c1-3-22-16(19)15-10-18(9-14(15)12-21-2)17(20)23-11-13-7-5-4-6-8-13/h4-8,14-15H,3,9-12H2,1-2H3/t14-,15+/m0/s1. The summed E-state index contributed by atoms with van der Waals surface area (Å²) in [5.74, 6) is -0.713. The van der Waals surface area contributed by atoms with Crippen LogP contribution < -0.4 is 0 Å². The van der Waals surface area contributed by atoms with E-state index in [2.05, 4.69) is 0 Å². The minimum atomic E-state index is -0.415. The second kappa shape index (κ2) is 8.53. The molecule has 1 aromatic rings. The summed E-state index contributed by atoms with van der Waals surface area (Å²) in [5, 5.41) is 0. The van der Waals surface area contributed by atoms with E-state index >= 15 is 0 Å². The van der Waals surface area contributed by atoms with Crippen LogP contribution in [0.4, 0.5) is 4.79 Å². The molecule has 1 saturated heterocycles. The van der Waals surface area contributed by atoms with Crippen molar-refractivity contribution in [2.24, 2.45) is 11.8 Å². The van der Waals surface area contributed by atoms with Crippen molar-refractivity contribution < 1.29 is 23.8 Å². The lowest BCUT2D eigenvalue weighted by Crippen LogP contribution is -2.30. The summed E-state index contributed by atoms with van der Waals surface area (Å²) in [7, 11) is 1.58. The smallest absolute Gasteiger partial charge is 0.410 e. The van der Waals surface area contributed by atoms with Crippen molar-refractivity contribution in [2.75, 3.05) is 33.4 Å². The molecule has 0 saturated carbocycles. The molecule has 0 radical (unpaired) electrons. The summed E-state index contributed by atoms with van der Waals surface area (Å²) in [4.78, 5) is 25.8. The van der Waals surface area contributed by atoms with Crippen LogP contribution in [-0.4, -0.2) is 50.4 Å². The zero-order chi connectivity index (χ0) is 16.7. The molecule has 126 valence electrons. The minimum Gasteiger partial charge on any atom is -0.466 e. The number of ether oxygens (including phenoxy) is 3. The van der Waals surface area contributed by atoms with Gasteiger partial charge in [0.05, 0.1) is 19.1 Å². The van der Waals surface area contributed by atoms with Crippen molar-refractivity contribution >= 4 is 12.1 Å². The van der Waals surface area contributed by atoms with Crippen molar-refractivity contribution in [2.45, 2.75) is 13.5 Å². The van der Waals surface area contributed by atoms with Crippen LogP contribution in [0.5, 0.6) is 0 Å². The van der Waals surface area contributed by atoms with E-state index in [1.807, 2.05) is 30.3 Å². The van der Waals surface area contributed by atoms with E-state index in [0.29, 0.717) is 26.3 Å². The predicted molar refractivity (Wildman–Crippen MR) is 83.7 cm³/mol. The van der Waals surface area contributed by atoms with Crippen LogP contribution in [0, 0.1) is 11.8 Å². The van der Waals surface area contributed by atoms with Crippen molar-refractivity contribution in [3.05, 3.63) is 35.9 Å². The Morgan fingerprint density at radius 3 is 2.57 bits per heavy atom. The third kappa shape index (κ3) is 4.69. The first kappa shape index (κ1) is 17.3. The van der Waals surface area contributed by atoms with Crippen molar-refractivity contribution in [1.29, 1.82) is 0 Å². The molecule has 0 N–H and O–H groups in total. The lowest BCUT2D eigenvalue weighted by atomic mass is 9.97. The Labute approximate surface area is 136 Å². The third-order valence-electron chi connectivity index (χ3n) is 3.87. The number of rotatable bonds is 6. The SMILES string of the molecule is CCOC(=O)[C@@H]1CN(C(=O)OCc2ccccc2)C[C@H]1COC. The van der Waals surface area contributed by atoms with Gasteiger partial charge >= 0.3 is 12.1 Å². The van der Waals surface area contributed by atoms with Gasteiger partial charge in [0.25, 0.3) is 0 Å². The molecular weight excluding hydrogens is 298 g/mol. The number of methoxy groups -OCH3 is 1. The molecule has 1 fully saturated rings. The highest BCUT2D eigenvalue weighted by atomic mass is 16.6. The van der Waals surface area contributed by atoms with Gasteiger partial charge in [0.2, 0.25) is 0 Å². The molecule has 1 aliphatic rings. The number of esters is 1. The normalized spacial score (nSPS) is 20.3. The molecule has 0 unspecified atom stereocenters. The van der Waals surface area contributed by atoms with Gasteiger partial charge in [-0.05, 0) is 12.5 Å². The second-order valence-electron chi connectivity index (χ2n) is 5.52. The maximum absolute atomic E-state index is 12.2. The van der Waals surface area contributed by atoms with Crippen LogP contribution in [0.2, 0.25) is 0 Å². The largest absolute Gasteiger partial charge is 0.466 e. The summed E-state index contributed by atoms with van der Waals surface area (Å²) in [6.45, 7) is 3.46. The Morgan fingerprint density at radius 1 is 1.17 bits per heavy atom. The first-order chi connectivity index (χ1) is 11.2. The molecule has 1 heterocycles. The summed E-state index contributed by atoms with van der Waals surface area (Å²) >= 11 is 0. The number of nitrogens with zero attached hydrogens (tertiary/aromatic N) is 1. The van der Waals surface area contributed by atoms with Gasteiger partial charge in [-0.15, -0.1) is 0 Å². The average molecular weight is 321 g/mol. The zero-order valence-electron chi connectivity index (χ0n) is 13.6. The fraction of sp³-hybridized carbons (Fsp3) is 0.529. The summed E-state index contributed by atoms with van der Waals surface area (Å²) in [6.07, 6.45) is -0.415. The fourth-order valence-corrected chi connectivity index (χ4v) is 2.73. The average Bonchev–Trinajstić information content (AvgIpc) is 2.98. The van der Waals surface area contributed by atoms with Gasteiger partial charge in [0.15, 0.2) is 0 Å². The summed E-state index contributed by atoms with van der Waals surface area (Å²) < 4.78 is 15.6. The lowest BCUT2D eigenvalue weighted by molar-refractivity contribution is -0.149. The fourth-order valence-electron chi connectivity index (χ4n) is 2.73. The molecule has 1 aliphatic heterocycles. The maximum Gasteiger partial charge on any atom is 0.410 e. The number of carbonyl (C=O) groups excluding carboxylic acids is 2. The van der Waals surface area contributed by atoms with E-state index in [1.54, 1.807) is 18.9 Å². The van der Waals surface area contributed by atoms with Crippen LogP contribution in [0.25, 0.3) is 0 Å². The van der Waals surface area contributed by atoms with Crippen LogP contribution in [0.15, 0.2) is 30.3 Å². The second-order valence-corrected chi connectivity index (χ2v) is 5.52. The Morgan fingerprint density at radius 2 is 1.91 bits per heavy atom. The van der Waals surface area contributed by atoms with Gasteiger partial charge in [-0.1, -0.05) is 30.3 Å². The Kier molecular flexibility index (Phi) is 6.40. The molecule has 0 aliphatic carbocycles. The van der Waals surface area contributed by atoms with Crippen molar-refractivity contribution in [1.82, 2.24) is 4.90 Å². The van der Waals surface area contributed by atoms with E-state index < -0.39 is 6.09 Å². The topological polar surface area (TPSA) is 65.1 Å². The molecule has 0 bridgehead atoms. The van der Waals surface area contributed by atoms with Crippen LogP contribution >= 0.6 is 0 Å². The lowest BCUT2D eigenvalue weighted by Gasteiger charge is -2.16. The van der Waals surface area contributed by atoms with E-state index in [4.69, 9.17) is 14.2 Å². The first-order valence-corrected chi connectivity index (χ1v) is 7.76. The van der Waals surface area contributed by atoms with E-state index in [9.17, 15) is 9.59 Å². The van der Waals surface area contributed by atoms with Crippen LogP contribution in [0.1, 0.15) is 12.5 Å². The molecule has 2 rings (SSSR count). The quantitative estimate of drug-likeness (QED) is 0.751. The minimum absolute atomic E-state index is 0.0664. The maximum atomic E-state index is 12.2. The molecule has 0 spiro atoms. The molecule has 23 heavy (non-hydrogen) atoms. The van der Waals surface area contributed by atoms with Crippen molar-refractivity contribution in [3.8, 4) is 0 Å². The van der Waals surface area contributed by atoms with E-state index in [0.717, 1.165) is 5.56 Å².